The number of benzene rings is 2. The molecule has 0 unspecified atom stereocenters. The number of hydrogen-bond donors (Lipinski definition) is 1. The third-order valence-corrected chi connectivity index (χ3v) is 4.43. The lowest BCUT2D eigenvalue weighted by Crippen LogP contribution is -3.00. The Kier molecular flexibility index (Phi) is 5.89. The van der Waals surface area contributed by atoms with Gasteiger partial charge in [0.05, 0.1) is 7.11 Å². The largest absolute Gasteiger partial charge is 1.00 e. The molecule has 1 heterocycles. The van der Waals surface area contributed by atoms with Crippen molar-refractivity contribution in [2.75, 3.05) is 12.4 Å². The third-order valence-electron chi connectivity index (χ3n) is 4.43. The van der Waals surface area contributed by atoms with Gasteiger partial charge < -0.3 is 34.0 Å². The van der Waals surface area contributed by atoms with Gasteiger partial charge in [0.25, 0.3) is 11.5 Å². The van der Waals surface area contributed by atoms with E-state index in [1.165, 1.54) is 0 Å². The van der Waals surface area contributed by atoms with Gasteiger partial charge in [-0.15, -0.1) is 0 Å². The smallest absolute Gasteiger partial charge is 0.286 e. The van der Waals surface area contributed by atoms with E-state index in [2.05, 4.69) is 5.32 Å². The molecule has 0 fully saturated rings. The Morgan fingerprint density at radius 3 is 2.00 bits per heavy atom. The van der Waals surface area contributed by atoms with Crippen molar-refractivity contribution in [3.63, 3.8) is 0 Å². The lowest BCUT2D eigenvalue weighted by atomic mass is 9.90. The molecule has 28 heavy (non-hydrogen) atoms. The predicted molar refractivity (Wildman–Crippen MR) is 102 cm³/mol. The van der Waals surface area contributed by atoms with E-state index in [-0.39, 0.29) is 41.2 Å². The zero-order valence-corrected chi connectivity index (χ0v) is 17.2. The van der Waals surface area contributed by atoms with Crippen LogP contribution < -0.4 is 38.6 Å². The van der Waals surface area contributed by atoms with Crippen LogP contribution in [-0.2, 0) is 0 Å². The van der Waals surface area contributed by atoms with E-state index in [1.807, 2.05) is 18.2 Å². The van der Waals surface area contributed by atoms with Gasteiger partial charge >= 0.3 is 0 Å². The average molecular weight is 484 g/mol. The molecule has 140 valence electrons. The molecule has 0 saturated heterocycles. The first-order valence-electron chi connectivity index (χ1n) is 8.49. The van der Waals surface area contributed by atoms with Gasteiger partial charge in [0.15, 0.2) is 18.1 Å². The average Bonchev–Trinajstić information content (AvgIpc) is 2.73. The second-order valence-corrected chi connectivity index (χ2v) is 6.06. The van der Waals surface area contributed by atoms with Crippen LogP contribution in [-0.4, -0.2) is 18.7 Å². The third kappa shape index (κ3) is 3.55. The fourth-order valence-electron chi connectivity index (χ4n) is 3.09. The van der Waals surface area contributed by atoms with E-state index >= 15 is 0 Å². The summed E-state index contributed by atoms with van der Waals surface area (Å²) in [4.78, 5) is 26.3. The SMILES string of the molecule is COc1ccc(NC2=C([n+]3ccccc3)C(=O)c3ccccc3C2=O)cc1.[I-]. The van der Waals surface area contributed by atoms with Crippen LogP contribution in [0.5, 0.6) is 5.75 Å². The van der Waals surface area contributed by atoms with E-state index in [1.54, 1.807) is 72.6 Å². The number of pyridine rings is 1. The van der Waals surface area contributed by atoms with E-state index in [0.717, 1.165) is 0 Å². The molecule has 4 rings (SSSR count). The Labute approximate surface area is 179 Å². The number of rotatable bonds is 4. The number of allylic oxidation sites excluding steroid dienone is 2. The van der Waals surface area contributed by atoms with Crippen molar-refractivity contribution in [2.45, 2.75) is 0 Å². The highest BCUT2D eigenvalue weighted by Crippen LogP contribution is 2.28. The molecule has 2 aromatic carbocycles. The summed E-state index contributed by atoms with van der Waals surface area (Å²) in [5, 5.41) is 3.13. The lowest BCUT2D eigenvalue weighted by Gasteiger charge is -2.18. The van der Waals surface area contributed by atoms with Gasteiger partial charge in [-0.3, -0.25) is 9.59 Å². The van der Waals surface area contributed by atoms with Crippen molar-refractivity contribution < 1.29 is 42.9 Å². The van der Waals surface area contributed by atoms with Crippen LogP contribution in [0.3, 0.4) is 0 Å². The molecule has 0 saturated carbocycles. The summed E-state index contributed by atoms with van der Waals surface area (Å²) in [6, 6.07) is 19.6. The number of ketones is 2. The molecule has 0 radical (unpaired) electrons. The highest BCUT2D eigenvalue weighted by atomic mass is 127. The summed E-state index contributed by atoms with van der Waals surface area (Å²) in [6.45, 7) is 0. The molecular weight excluding hydrogens is 467 g/mol. The van der Waals surface area contributed by atoms with Crippen LogP contribution in [0, 0.1) is 0 Å². The quantitative estimate of drug-likeness (QED) is 0.429. The molecule has 0 spiro atoms. The molecule has 1 aliphatic rings. The van der Waals surface area contributed by atoms with Crippen LogP contribution >= 0.6 is 0 Å². The zero-order chi connectivity index (χ0) is 18.8. The summed E-state index contributed by atoms with van der Waals surface area (Å²) >= 11 is 0. The maximum Gasteiger partial charge on any atom is 0.286 e. The van der Waals surface area contributed by atoms with Crippen molar-refractivity contribution in [1.29, 1.82) is 0 Å². The number of aromatic nitrogens is 1. The monoisotopic (exact) mass is 484 g/mol. The van der Waals surface area contributed by atoms with Crippen molar-refractivity contribution in [3.05, 3.63) is 95.9 Å². The van der Waals surface area contributed by atoms with Gasteiger partial charge in [-0.05, 0) is 24.3 Å². The molecule has 0 bridgehead atoms. The molecule has 6 heteroatoms. The molecule has 1 aromatic heterocycles. The normalized spacial score (nSPS) is 12.9. The molecule has 0 atom stereocenters. The van der Waals surface area contributed by atoms with E-state index in [4.69, 9.17) is 4.74 Å². The van der Waals surface area contributed by atoms with E-state index in [0.29, 0.717) is 28.3 Å². The van der Waals surface area contributed by atoms with Crippen molar-refractivity contribution in [3.8, 4) is 5.75 Å². The van der Waals surface area contributed by atoms with Crippen LogP contribution in [0.2, 0.25) is 0 Å². The van der Waals surface area contributed by atoms with Crippen LogP contribution in [0.4, 0.5) is 5.69 Å². The number of nitrogens with one attached hydrogen (secondary N) is 1. The van der Waals surface area contributed by atoms with E-state index < -0.39 is 0 Å². The zero-order valence-electron chi connectivity index (χ0n) is 15.1. The maximum atomic E-state index is 13.2. The van der Waals surface area contributed by atoms with E-state index in [9.17, 15) is 9.59 Å². The Hall–Kier alpha value is -3.00. The summed E-state index contributed by atoms with van der Waals surface area (Å²) in [5.74, 6) is 0.299. The minimum absolute atomic E-state index is 0. The summed E-state index contributed by atoms with van der Waals surface area (Å²) < 4.78 is 6.84. The summed E-state index contributed by atoms with van der Waals surface area (Å²) in [7, 11) is 1.59. The molecular formula is C22H17IN2O3. The maximum absolute atomic E-state index is 13.2. The first kappa shape index (κ1) is 19.8. The number of carbonyl (C=O) groups excluding carboxylic acids is 2. The number of hydrogen-bond acceptors (Lipinski definition) is 4. The second kappa shape index (κ2) is 8.35. The van der Waals surface area contributed by atoms with Crippen LogP contribution in [0.1, 0.15) is 20.7 Å². The first-order chi connectivity index (χ1) is 13.2. The Morgan fingerprint density at radius 2 is 1.39 bits per heavy atom. The van der Waals surface area contributed by atoms with Gasteiger partial charge in [-0.25, -0.2) is 0 Å². The first-order valence-corrected chi connectivity index (χ1v) is 8.49. The number of Topliss-reactive ketones (excluding diaryl/α,β-unsaturated/α-hetero) is 2. The number of halogens is 1. The topological polar surface area (TPSA) is 59.3 Å². The van der Waals surface area contributed by atoms with Gasteiger partial charge in [0.1, 0.15) is 5.75 Å². The van der Waals surface area contributed by atoms with Gasteiger partial charge in [0, 0.05) is 28.9 Å². The number of nitrogens with zero attached hydrogens (tertiary/aromatic N) is 1. The molecule has 5 nitrogen and oxygen atoms in total. The number of fused-ring (bicyclic) bond motifs is 1. The minimum atomic E-state index is -0.215. The summed E-state index contributed by atoms with van der Waals surface area (Å²) in [5.41, 5.74) is 2.06. The fourth-order valence-corrected chi connectivity index (χ4v) is 3.09. The molecule has 1 aliphatic carbocycles. The minimum Gasteiger partial charge on any atom is -1.00 e. The molecule has 0 aliphatic heterocycles. The van der Waals surface area contributed by atoms with Crippen molar-refractivity contribution in [2.24, 2.45) is 0 Å². The number of anilines is 1. The molecule has 1 N–H and O–H groups in total. The lowest BCUT2D eigenvalue weighted by molar-refractivity contribution is -0.577. The van der Waals surface area contributed by atoms with Crippen molar-refractivity contribution >= 4 is 23.0 Å². The second-order valence-electron chi connectivity index (χ2n) is 6.06. The highest BCUT2D eigenvalue weighted by molar-refractivity contribution is 6.36. The van der Waals surface area contributed by atoms with Gasteiger partial charge in [0.2, 0.25) is 5.78 Å². The molecule has 3 aromatic rings. The van der Waals surface area contributed by atoms with Gasteiger partial charge in [-0.1, -0.05) is 30.3 Å². The summed E-state index contributed by atoms with van der Waals surface area (Å²) in [6.07, 6.45) is 3.51. The van der Waals surface area contributed by atoms with Crippen molar-refractivity contribution in [1.82, 2.24) is 0 Å². The number of methoxy groups -OCH3 is 1. The highest BCUT2D eigenvalue weighted by Gasteiger charge is 2.38. The number of carbonyl (C=O) groups is 2. The standard InChI is InChI=1S/C22H16N2O3.HI/c1-27-16-11-9-15(10-12-16)23-19-20(24-13-5-2-6-14-24)22(26)18-8-4-3-7-17(18)21(19)25;/h2-14H,1H3;1H. The van der Waals surface area contributed by atoms with Gasteiger partial charge in [-0.2, -0.15) is 4.57 Å². The Morgan fingerprint density at radius 1 is 0.786 bits per heavy atom. The predicted octanol–water partition coefficient (Wildman–Crippen LogP) is 0.347. The number of ether oxygens (including phenoxy) is 1. The van der Waals surface area contributed by atoms with Crippen LogP contribution in [0.15, 0.2) is 84.8 Å². The Bertz CT molecular complexity index is 1060. The van der Waals surface area contributed by atoms with Crippen LogP contribution in [0.25, 0.3) is 5.70 Å². The fraction of sp³-hybridized carbons (Fsp3) is 0.0455. The molecule has 0 amide bonds. The Balaban J connectivity index is 0.00000225.